The zero-order valence-electron chi connectivity index (χ0n) is 10.8. The van der Waals surface area contributed by atoms with E-state index in [1.807, 2.05) is 6.07 Å². The maximum absolute atomic E-state index is 11.7. The van der Waals surface area contributed by atoms with Gasteiger partial charge in [-0.15, -0.1) is 0 Å². The van der Waals surface area contributed by atoms with Crippen LogP contribution in [0.15, 0.2) is 29.0 Å². The number of amides is 1. The zero-order chi connectivity index (χ0) is 14.2. The van der Waals surface area contributed by atoms with Crippen LogP contribution in [0.4, 0.5) is 5.13 Å². The van der Waals surface area contributed by atoms with Gasteiger partial charge in [0.1, 0.15) is 5.76 Å². The second-order valence-electron chi connectivity index (χ2n) is 3.93. The number of aromatic nitrogens is 1. The van der Waals surface area contributed by atoms with Gasteiger partial charge in [-0.1, -0.05) is 23.2 Å². The average molecular weight is 290 g/mol. The summed E-state index contributed by atoms with van der Waals surface area (Å²) in [6, 6.07) is 3.64. The lowest BCUT2D eigenvalue weighted by atomic mass is 10.2. The molecule has 0 spiro atoms. The third-order valence-corrected chi connectivity index (χ3v) is 3.21. The summed E-state index contributed by atoms with van der Waals surface area (Å²) in [5.74, 6) is 6.36. The molecule has 2 aromatic rings. The Morgan fingerprint density at radius 3 is 3.20 bits per heavy atom. The summed E-state index contributed by atoms with van der Waals surface area (Å²) in [5.41, 5.74) is 0. The van der Waals surface area contributed by atoms with Crippen molar-refractivity contribution in [1.29, 1.82) is 0 Å². The summed E-state index contributed by atoms with van der Waals surface area (Å²) in [5, 5.41) is 11.9. The number of nitrogens with zero attached hydrogens (tertiary/aromatic N) is 1. The maximum atomic E-state index is 11.7. The SMILES string of the molecule is O=C(CCc1ccco1)Nc1ncc(C#CCCO)s1. The fourth-order valence-corrected chi connectivity index (χ4v) is 2.18. The second-order valence-corrected chi connectivity index (χ2v) is 4.96. The molecule has 0 aliphatic rings. The van der Waals surface area contributed by atoms with E-state index in [-0.39, 0.29) is 12.5 Å². The number of aliphatic hydroxyl groups excluding tert-OH is 1. The van der Waals surface area contributed by atoms with E-state index < -0.39 is 0 Å². The Balaban J connectivity index is 1.81. The number of carbonyl (C=O) groups is 1. The Hall–Kier alpha value is -2.10. The highest BCUT2D eigenvalue weighted by Gasteiger charge is 2.07. The van der Waals surface area contributed by atoms with Crippen molar-refractivity contribution < 1.29 is 14.3 Å². The van der Waals surface area contributed by atoms with Crippen LogP contribution in [0.25, 0.3) is 0 Å². The van der Waals surface area contributed by atoms with Gasteiger partial charge in [-0.2, -0.15) is 0 Å². The van der Waals surface area contributed by atoms with Gasteiger partial charge in [0.2, 0.25) is 5.91 Å². The van der Waals surface area contributed by atoms with Crippen molar-refractivity contribution in [3.8, 4) is 11.8 Å². The molecule has 0 aliphatic carbocycles. The number of hydrogen-bond acceptors (Lipinski definition) is 5. The predicted octanol–water partition coefficient (Wildman–Crippen LogP) is 2.04. The Morgan fingerprint density at radius 1 is 1.55 bits per heavy atom. The van der Waals surface area contributed by atoms with Gasteiger partial charge in [0.25, 0.3) is 0 Å². The van der Waals surface area contributed by atoms with Gasteiger partial charge < -0.3 is 14.8 Å². The van der Waals surface area contributed by atoms with Crippen LogP contribution in [0.1, 0.15) is 23.5 Å². The average Bonchev–Trinajstić information content (AvgIpc) is 3.08. The molecule has 5 nitrogen and oxygen atoms in total. The predicted molar refractivity (Wildman–Crippen MR) is 76.4 cm³/mol. The molecule has 0 fully saturated rings. The normalized spacial score (nSPS) is 9.85. The number of hydrogen-bond donors (Lipinski definition) is 2. The number of carbonyl (C=O) groups excluding carboxylic acids is 1. The lowest BCUT2D eigenvalue weighted by molar-refractivity contribution is -0.116. The van der Waals surface area contributed by atoms with Crippen molar-refractivity contribution in [1.82, 2.24) is 4.98 Å². The second kappa shape index (κ2) is 7.48. The Labute approximate surface area is 120 Å². The van der Waals surface area contributed by atoms with Crippen LogP contribution in [0.5, 0.6) is 0 Å². The molecule has 0 aliphatic heterocycles. The highest BCUT2D eigenvalue weighted by Crippen LogP contribution is 2.17. The molecule has 0 bridgehead atoms. The van der Waals surface area contributed by atoms with Crippen molar-refractivity contribution in [2.75, 3.05) is 11.9 Å². The molecule has 0 unspecified atom stereocenters. The number of nitrogens with one attached hydrogen (secondary N) is 1. The van der Waals surface area contributed by atoms with E-state index in [0.717, 1.165) is 10.6 Å². The molecule has 2 heterocycles. The van der Waals surface area contributed by atoms with Gasteiger partial charge in [0, 0.05) is 19.3 Å². The molecule has 2 N–H and O–H groups in total. The van der Waals surface area contributed by atoms with Crippen LogP contribution in [0, 0.1) is 11.8 Å². The maximum Gasteiger partial charge on any atom is 0.226 e. The van der Waals surface area contributed by atoms with Crippen LogP contribution in [0.2, 0.25) is 0 Å². The van der Waals surface area contributed by atoms with Crippen molar-refractivity contribution in [2.24, 2.45) is 0 Å². The number of thiazole rings is 1. The van der Waals surface area contributed by atoms with E-state index in [1.54, 1.807) is 18.5 Å². The first-order valence-corrected chi connectivity index (χ1v) is 6.97. The largest absolute Gasteiger partial charge is 0.469 e. The minimum absolute atomic E-state index is 0.0438. The quantitative estimate of drug-likeness (QED) is 0.826. The minimum Gasteiger partial charge on any atom is -0.469 e. The molecule has 2 rings (SSSR count). The van der Waals surface area contributed by atoms with Gasteiger partial charge in [0.15, 0.2) is 5.13 Å². The summed E-state index contributed by atoms with van der Waals surface area (Å²) in [6.07, 6.45) is 4.54. The van der Waals surface area contributed by atoms with E-state index in [9.17, 15) is 4.79 Å². The third-order valence-electron chi connectivity index (χ3n) is 2.38. The Bertz CT molecular complexity index is 608. The number of aliphatic hydroxyl groups is 1. The summed E-state index contributed by atoms with van der Waals surface area (Å²) in [6.45, 7) is 0.0438. The first-order valence-electron chi connectivity index (χ1n) is 6.15. The fraction of sp³-hybridized carbons (Fsp3) is 0.286. The highest BCUT2D eigenvalue weighted by atomic mass is 32.1. The van der Waals surface area contributed by atoms with Crippen LogP contribution in [-0.2, 0) is 11.2 Å². The molecule has 0 saturated heterocycles. The van der Waals surface area contributed by atoms with E-state index in [2.05, 4.69) is 22.1 Å². The smallest absolute Gasteiger partial charge is 0.226 e. The molecule has 20 heavy (non-hydrogen) atoms. The molecular formula is C14H14N2O3S. The van der Waals surface area contributed by atoms with Crippen LogP contribution in [0.3, 0.4) is 0 Å². The molecule has 0 radical (unpaired) electrons. The van der Waals surface area contributed by atoms with Crippen molar-refractivity contribution in [3.63, 3.8) is 0 Å². The molecule has 0 aromatic carbocycles. The molecule has 0 atom stereocenters. The van der Waals surface area contributed by atoms with E-state index in [4.69, 9.17) is 9.52 Å². The van der Waals surface area contributed by atoms with E-state index in [1.165, 1.54) is 11.3 Å². The summed E-state index contributed by atoms with van der Waals surface area (Å²) >= 11 is 1.31. The third kappa shape index (κ3) is 4.53. The van der Waals surface area contributed by atoms with Crippen LogP contribution in [-0.4, -0.2) is 22.6 Å². The number of anilines is 1. The van der Waals surface area contributed by atoms with Gasteiger partial charge in [-0.05, 0) is 12.1 Å². The Kier molecular flexibility index (Phi) is 5.35. The molecular weight excluding hydrogens is 276 g/mol. The molecule has 2 aromatic heterocycles. The number of furan rings is 1. The highest BCUT2D eigenvalue weighted by molar-refractivity contribution is 7.16. The molecule has 1 amide bonds. The van der Waals surface area contributed by atoms with E-state index in [0.29, 0.717) is 24.4 Å². The van der Waals surface area contributed by atoms with Gasteiger partial charge in [-0.3, -0.25) is 4.79 Å². The first-order chi connectivity index (χ1) is 9.78. The zero-order valence-corrected chi connectivity index (χ0v) is 11.6. The van der Waals surface area contributed by atoms with Crippen LogP contribution >= 0.6 is 11.3 Å². The monoisotopic (exact) mass is 290 g/mol. The summed E-state index contributed by atoms with van der Waals surface area (Å²) in [4.78, 5) is 16.6. The van der Waals surface area contributed by atoms with Gasteiger partial charge in [0.05, 0.1) is 23.9 Å². The lowest BCUT2D eigenvalue weighted by Crippen LogP contribution is -2.11. The lowest BCUT2D eigenvalue weighted by Gasteiger charge is -1.99. The first kappa shape index (κ1) is 14.3. The van der Waals surface area contributed by atoms with Gasteiger partial charge >= 0.3 is 0 Å². The van der Waals surface area contributed by atoms with E-state index >= 15 is 0 Å². The fourth-order valence-electron chi connectivity index (χ4n) is 1.47. The number of rotatable bonds is 5. The summed E-state index contributed by atoms with van der Waals surface area (Å²) < 4.78 is 5.16. The Morgan fingerprint density at radius 2 is 2.45 bits per heavy atom. The van der Waals surface area contributed by atoms with Crippen LogP contribution < -0.4 is 5.32 Å². The van der Waals surface area contributed by atoms with Crippen molar-refractivity contribution >= 4 is 22.4 Å². The number of aryl methyl sites for hydroxylation is 1. The molecule has 104 valence electrons. The standard InChI is InChI=1S/C14H14N2O3S/c17-8-2-1-5-12-10-15-14(20-12)16-13(18)7-6-11-4-3-9-19-11/h3-4,9-10,17H,2,6-8H2,(H,15,16,18). The van der Waals surface area contributed by atoms with Crippen molar-refractivity contribution in [3.05, 3.63) is 35.2 Å². The summed E-state index contributed by atoms with van der Waals surface area (Å²) in [7, 11) is 0. The van der Waals surface area contributed by atoms with Gasteiger partial charge in [-0.25, -0.2) is 4.98 Å². The molecule has 0 saturated carbocycles. The molecule has 6 heteroatoms. The topological polar surface area (TPSA) is 75.4 Å². The minimum atomic E-state index is -0.106. The van der Waals surface area contributed by atoms with Crippen molar-refractivity contribution in [2.45, 2.75) is 19.3 Å².